The topological polar surface area (TPSA) is 68.8 Å². The third-order valence-corrected chi connectivity index (χ3v) is 4.99. The molecule has 0 unspecified atom stereocenters. The van der Waals surface area contributed by atoms with Crippen molar-refractivity contribution in [2.75, 3.05) is 20.8 Å². The number of halogens is 1. The second-order valence-corrected chi connectivity index (χ2v) is 6.95. The summed E-state index contributed by atoms with van der Waals surface area (Å²) in [5.41, 5.74) is 2.37. The molecule has 0 spiro atoms. The lowest BCUT2D eigenvalue weighted by atomic mass is 9.92. The second-order valence-electron chi connectivity index (χ2n) is 6.14. The molecule has 0 bridgehead atoms. The van der Waals surface area contributed by atoms with E-state index in [1.807, 2.05) is 30.3 Å². The minimum absolute atomic E-state index is 0.237. The number of carbonyl (C=O) groups is 1. The maximum Gasteiger partial charge on any atom is 0.338 e. The number of rotatable bonds is 6. The molecule has 0 fully saturated rings. The Labute approximate surface area is 179 Å². The Bertz CT molecular complexity index is 963. The largest absolute Gasteiger partial charge is 0.493 e. The van der Waals surface area contributed by atoms with Crippen LogP contribution in [0, 0.1) is 0 Å². The Balaban J connectivity index is 2.23. The molecule has 1 heterocycles. The zero-order chi connectivity index (χ0) is 21.0. The first kappa shape index (κ1) is 21.0. The van der Waals surface area contributed by atoms with Crippen molar-refractivity contribution in [3.63, 3.8) is 0 Å². The van der Waals surface area contributed by atoms with E-state index in [2.05, 4.69) is 10.6 Å². The second kappa shape index (κ2) is 9.15. The third-order valence-electron chi connectivity index (χ3n) is 4.44. The molecule has 152 valence electrons. The van der Waals surface area contributed by atoms with Gasteiger partial charge in [0.1, 0.15) is 0 Å². The molecule has 2 aromatic carbocycles. The molecular formula is C21H21ClN2O4S. The van der Waals surface area contributed by atoms with E-state index >= 15 is 0 Å². The molecule has 0 saturated heterocycles. The first-order valence-corrected chi connectivity index (χ1v) is 9.74. The monoisotopic (exact) mass is 432 g/mol. The number of esters is 1. The Morgan fingerprint density at radius 1 is 1.14 bits per heavy atom. The number of benzene rings is 2. The van der Waals surface area contributed by atoms with E-state index < -0.39 is 12.0 Å². The molecule has 29 heavy (non-hydrogen) atoms. The molecule has 0 radical (unpaired) electrons. The quantitative estimate of drug-likeness (QED) is 0.530. The van der Waals surface area contributed by atoms with Crippen LogP contribution in [0.1, 0.15) is 24.1 Å². The summed E-state index contributed by atoms with van der Waals surface area (Å²) in [4.78, 5) is 13.0. The standard InChI is InChI=1S/C21H21ClN2O4S/c1-4-28-20(25)17-18(12-8-6-5-7-9-12)23-21(29)24-19(17)13-10-15(26-2)16(27-3)11-14(13)22/h5-11,19H,4H2,1-3H3,(H2,23,24,29)/t19-/m1/s1. The molecule has 2 N–H and O–H groups in total. The van der Waals surface area contributed by atoms with Crippen LogP contribution in [0.15, 0.2) is 48.0 Å². The van der Waals surface area contributed by atoms with Gasteiger partial charge in [-0.1, -0.05) is 41.9 Å². The normalized spacial score (nSPS) is 16.0. The Hall–Kier alpha value is -2.77. The average Bonchev–Trinajstić information content (AvgIpc) is 2.73. The van der Waals surface area contributed by atoms with Crippen molar-refractivity contribution in [1.29, 1.82) is 0 Å². The summed E-state index contributed by atoms with van der Waals surface area (Å²) in [5, 5.41) is 6.99. The van der Waals surface area contributed by atoms with E-state index in [0.717, 1.165) is 5.56 Å². The van der Waals surface area contributed by atoms with Crippen LogP contribution in [0.5, 0.6) is 11.5 Å². The molecule has 8 heteroatoms. The molecule has 6 nitrogen and oxygen atoms in total. The lowest BCUT2D eigenvalue weighted by Crippen LogP contribution is -2.45. The predicted octanol–water partition coefficient (Wildman–Crippen LogP) is 3.85. The van der Waals surface area contributed by atoms with Crippen LogP contribution in [0.2, 0.25) is 5.02 Å². The summed E-state index contributed by atoms with van der Waals surface area (Å²) in [6, 6.07) is 12.2. The van der Waals surface area contributed by atoms with Crippen LogP contribution >= 0.6 is 23.8 Å². The van der Waals surface area contributed by atoms with E-state index in [4.69, 9.17) is 38.0 Å². The minimum Gasteiger partial charge on any atom is -0.493 e. The van der Waals surface area contributed by atoms with Gasteiger partial charge in [-0.05, 0) is 30.8 Å². The van der Waals surface area contributed by atoms with Gasteiger partial charge in [0, 0.05) is 11.6 Å². The number of hydrogen-bond acceptors (Lipinski definition) is 5. The summed E-state index contributed by atoms with van der Waals surface area (Å²) in [7, 11) is 3.07. The lowest BCUT2D eigenvalue weighted by molar-refractivity contribution is -0.138. The fourth-order valence-electron chi connectivity index (χ4n) is 3.15. The smallest absolute Gasteiger partial charge is 0.338 e. The van der Waals surface area contributed by atoms with Gasteiger partial charge >= 0.3 is 5.97 Å². The van der Waals surface area contributed by atoms with Crippen LogP contribution in [0.4, 0.5) is 0 Å². The van der Waals surface area contributed by atoms with Crippen molar-refractivity contribution in [1.82, 2.24) is 10.6 Å². The molecule has 0 aromatic heterocycles. The number of thiocarbonyl (C=S) groups is 1. The number of hydrogen-bond donors (Lipinski definition) is 2. The highest BCUT2D eigenvalue weighted by molar-refractivity contribution is 7.80. The summed E-state index contributed by atoms with van der Waals surface area (Å²) >= 11 is 12.0. The number of carbonyl (C=O) groups excluding carboxylic acids is 1. The van der Waals surface area contributed by atoms with Gasteiger partial charge in [-0.25, -0.2) is 4.79 Å². The maximum atomic E-state index is 13.0. The minimum atomic E-state index is -0.634. The van der Waals surface area contributed by atoms with Crippen LogP contribution in [0.3, 0.4) is 0 Å². The number of methoxy groups -OCH3 is 2. The molecule has 1 aliphatic rings. The van der Waals surface area contributed by atoms with E-state index in [9.17, 15) is 4.79 Å². The van der Waals surface area contributed by atoms with Crippen LogP contribution in [-0.2, 0) is 9.53 Å². The van der Waals surface area contributed by atoms with Gasteiger partial charge in [0.25, 0.3) is 0 Å². The van der Waals surface area contributed by atoms with Gasteiger partial charge in [-0.15, -0.1) is 0 Å². The summed E-state index contributed by atoms with van der Waals surface area (Å²) in [6.45, 7) is 1.99. The van der Waals surface area contributed by atoms with Gasteiger partial charge in [0.05, 0.1) is 43.2 Å². The molecule has 0 aliphatic carbocycles. The predicted molar refractivity (Wildman–Crippen MR) is 116 cm³/mol. The Morgan fingerprint density at radius 2 is 1.79 bits per heavy atom. The van der Waals surface area contributed by atoms with Crippen molar-refractivity contribution in [3.05, 3.63) is 64.2 Å². The molecule has 1 aliphatic heterocycles. The van der Waals surface area contributed by atoms with Crippen molar-refractivity contribution in [2.24, 2.45) is 0 Å². The number of nitrogens with one attached hydrogen (secondary N) is 2. The van der Waals surface area contributed by atoms with E-state index in [1.54, 1.807) is 19.1 Å². The van der Waals surface area contributed by atoms with Gasteiger partial charge in [-0.3, -0.25) is 0 Å². The van der Waals surface area contributed by atoms with Crippen molar-refractivity contribution < 1.29 is 19.0 Å². The van der Waals surface area contributed by atoms with Crippen molar-refractivity contribution in [3.8, 4) is 11.5 Å². The number of ether oxygens (including phenoxy) is 3. The molecular weight excluding hydrogens is 412 g/mol. The SMILES string of the molecule is CCOC(=O)C1=C(c2ccccc2)NC(=S)N[C@@H]1c1cc(OC)c(OC)cc1Cl. The highest BCUT2D eigenvalue weighted by Crippen LogP contribution is 2.40. The van der Waals surface area contributed by atoms with Crippen LogP contribution < -0.4 is 20.1 Å². The molecule has 0 saturated carbocycles. The van der Waals surface area contributed by atoms with Gasteiger partial charge in [0.15, 0.2) is 16.6 Å². The van der Waals surface area contributed by atoms with Crippen LogP contribution in [0.25, 0.3) is 5.70 Å². The van der Waals surface area contributed by atoms with Crippen LogP contribution in [-0.4, -0.2) is 31.9 Å². The highest BCUT2D eigenvalue weighted by atomic mass is 35.5. The summed E-state index contributed by atoms with van der Waals surface area (Å²) in [6.07, 6.45) is 0. The first-order chi connectivity index (χ1) is 14.0. The van der Waals surface area contributed by atoms with Crippen molar-refractivity contribution in [2.45, 2.75) is 13.0 Å². The average molecular weight is 433 g/mol. The lowest BCUT2D eigenvalue weighted by Gasteiger charge is -2.32. The zero-order valence-electron chi connectivity index (χ0n) is 16.2. The highest BCUT2D eigenvalue weighted by Gasteiger charge is 2.34. The van der Waals surface area contributed by atoms with E-state index in [-0.39, 0.29) is 6.61 Å². The van der Waals surface area contributed by atoms with E-state index in [1.165, 1.54) is 14.2 Å². The fraction of sp³-hybridized carbons (Fsp3) is 0.238. The molecule has 2 aromatic rings. The van der Waals surface area contributed by atoms with Gasteiger partial charge in [0.2, 0.25) is 0 Å². The zero-order valence-corrected chi connectivity index (χ0v) is 17.8. The molecule has 0 amide bonds. The van der Waals surface area contributed by atoms with Crippen molar-refractivity contribution >= 4 is 40.6 Å². The fourth-order valence-corrected chi connectivity index (χ4v) is 3.63. The van der Waals surface area contributed by atoms with Gasteiger partial charge in [-0.2, -0.15) is 0 Å². The molecule has 3 rings (SSSR count). The Kier molecular flexibility index (Phi) is 6.61. The molecule has 1 atom stereocenters. The van der Waals surface area contributed by atoms with E-state index in [0.29, 0.717) is 38.5 Å². The van der Waals surface area contributed by atoms with Gasteiger partial charge < -0.3 is 24.8 Å². The third kappa shape index (κ3) is 4.31. The Morgan fingerprint density at radius 3 is 2.41 bits per heavy atom. The summed E-state index contributed by atoms with van der Waals surface area (Å²) in [5.74, 6) is 0.509. The maximum absolute atomic E-state index is 13.0. The first-order valence-electron chi connectivity index (χ1n) is 8.95. The summed E-state index contributed by atoms with van der Waals surface area (Å²) < 4.78 is 16.1.